The molecule has 126 valence electrons. The number of halogens is 1. The molecule has 0 heterocycles. The molecule has 4 nitrogen and oxygen atoms in total. The second-order valence-corrected chi connectivity index (χ2v) is 6.26. The Balaban J connectivity index is 1.58. The van der Waals surface area contributed by atoms with Crippen molar-refractivity contribution in [2.45, 2.75) is 24.3 Å². The predicted octanol–water partition coefficient (Wildman–Crippen LogP) is 2.89. The fraction of sp³-hybridized carbons (Fsp3) is 0.316. The minimum Gasteiger partial charge on any atom is -0.394 e. The molecule has 0 saturated heterocycles. The van der Waals surface area contributed by atoms with E-state index >= 15 is 0 Å². The van der Waals surface area contributed by atoms with Gasteiger partial charge in [0.2, 0.25) is 0 Å². The fourth-order valence-electron chi connectivity index (χ4n) is 2.92. The molecule has 0 aromatic heterocycles. The second kappa shape index (κ2) is 7.01. The fourth-order valence-corrected chi connectivity index (χ4v) is 2.92. The summed E-state index contributed by atoms with van der Waals surface area (Å²) in [6.07, 6.45) is 1.86. The lowest BCUT2D eigenvalue weighted by molar-refractivity contribution is 0.216. The smallest absolute Gasteiger partial charge is 0.315 e. The standard InChI is InChI=1S/C19H21FN2O2/c20-16-8-4-7-15(11-16)19(9-10-19)13-21-18(24)22-17(12-23)14-5-2-1-3-6-14/h1-8,11,17,23H,9-10,12-13H2,(H2,21,22,24). The van der Waals surface area contributed by atoms with Crippen LogP contribution >= 0.6 is 0 Å². The molecule has 2 aromatic rings. The minimum absolute atomic E-state index is 0.166. The summed E-state index contributed by atoms with van der Waals surface area (Å²) in [7, 11) is 0. The summed E-state index contributed by atoms with van der Waals surface area (Å²) in [4.78, 5) is 12.2. The second-order valence-electron chi connectivity index (χ2n) is 6.26. The third kappa shape index (κ3) is 3.74. The van der Waals surface area contributed by atoms with Crippen LogP contribution in [0.5, 0.6) is 0 Å². The summed E-state index contributed by atoms with van der Waals surface area (Å²) < 4.78 is 13.4. The van der Waals surface area contributed by atoms with Gasteiger partial charge in [-0.05, 0) is 36.1 Å². The Kier molecular flexibility index (Phi) is 4.81. The molecule has 24 heavy (non-hydrogen) atoms. The van der Waals surface area contributed by atoms with E-state index in [9.17, 15) is 14.3 Å². The van der Waals surface area contributed by atoms with Crippen LogP contribution in [0.1, 0.15) is 30.0 Å². The molecule has 5 heteroatoms. The lowest BCUT2D eigenvalue weighted by Crippen LogP contribution is -2.42. The van der Waals surface area contributed by atoms with Crippen molar-refractivity contribution in [2.24, 2.45) is 0 Å². The number of carbonyl (C=O) groups is 1. The van der Waals surface area contributed by atoms with Gasteiger partial charge in [0.15, 0.2) is 0 Å². The van der Waals surface area contributed by atoms with Crippen LogP contribution in [0.15, 0.2) is 54.6 Å². The average Bonchev–Trinajstić information content (AvgIpc) is 3.40. The molecule has 3 rings (SSSR count). The molecule has 1 saturated carbocycles. The SMILES string of the molecule is O=C(NCC1(c2cccc(F)c2)CC1)NC(CO)c1ccccc1. The number of urea groups is 1. The Bertz CT molecular complexity index is 702. The van der Waals surface area contributed by atoms with Gasteiger partial charge >= 0.3 is 6.03 Å². The number of amides is 2. The Morgan fingerprint density at radius 1 is 1.17 bits per heavy atom. The van der Waals surface area contributed by atoms with Crippen molar-refractivity contribution in [3.05, 3.63) is 71.5 Å². The van der Waals surface area contributed by atoms with Crippen molar-refractivity contribution in [3.63, 3.8) is 0 Å². The maximum atomic E-state index is 13.4. The summed E-state index contributed by atoms with van der Waals surface area (Å²) in [5.74, 6) is -0.257. The van der Waals surface area contributed by atoms with E-state index in [0.29, 0.717) is 6.54 Å². The molecular weight excluding hydrogens is 307 g/mol. The lowest BCUT2D eigenvalue weighted by Gasteiger charge is -2.20. The highest BCUT2D eigenvalue weighted by molar-refractivity contribution is 5.74. The van der Waals surface area contributed by atoms with E-state index in [-0.39, 0.29) is 23.9 Å². The number of carbonyl (C=O) groups excluding carboxylic acids is 1. The first-order valence-electron chi connectivity index (χ1n) is 8.09. The van der Waals surface area contributed by atoms with E-state index in [1.165, 1.54) is 12.1 Å². The van der Waals surface area contributed by atoms with Crippen molar-refractivity contribution in [3.8, 4) is 0 Å². The van der Waals surface area contributed by atoms with E-state index in [1.54, 1.807) is 6.07 Å². The van der Waals surface area contributed by atoms with Crippen LogP contribution in [0.25, 0.3) is 0 Å². The topological polar surface area (TPSA) is 61.4 Å². The number of aliphatic hydroxyl groups excluding tert-OH is 1. The Morgan fingerprint density at radius 3 is 2.54 bits per heavy atom. The first-order valence-corrected chi connectivity index (χ1v) is 8.09. The summed E-state index contributed by atoms with van der Waals surface area (Å²) in [6.45, 7) is 0.279. The van der Waals surface area contributed by atoms with Crippen LogP contribution in [-0.4, -0.2) is 24.3 Å². The predicted molar refractivity (Wildman–Crippen MR) is 90.1 cm³/mol. The molecule has 1 aliphatic rings. The molecule has 0 radical (unpaired) electrons. The molecule has 2 aromatic carbocycles. The molecule has 0 spiro atoms. The molecule has 1 fully saturated rings. The summed E-state index contributed by atoms with van der Waals surface area (Å²) in [6, 6.07) is 15.1. The zero-order chi connectivity index (χ0) is 17.0. The van der Waals surface area contributed by atoms with Gasteiger partial charge in [-0.1, -0.05) is 42.5 Å². The number of nitrogens with one attached hydrogen (secondary N) is 2. The molecule has 1 aliphatic carbocycles. The zero-order valence-corrected chi connectivity index (χ0v) is 13.3. The van der Waals surface area contributed by atoms with Crippen LogP contribution in [0.4, 0.5) is 9.18 Å². The van der Waals surface area contributed by atoms with E-state index in [1.807, 2.05) is 36.4 Å². The Morgan fingerprint density at radius 2 is 1.92 bits per heavy atom. The van der Waals surface area contributed by atoms with Gasteiger partial charge in [0.25, 0.3) is 0 Å². The van der Waals surface area contributed by atoms with Crippen LogP contribution in [0, 0.1) is 5.82 Å². The molecule has 1 atom stereocenters. The highest BCUT2D eigenvalue weighted by Crippen LogP contribution is 2.47. The molecule has 1 unspecified atom stereocenters. The van der Waals surface area contributed by atoms with Crippen LogP contribution in [-0.2, 0) is 5.41 Å². The largest absolute Gasteiger partial charge is 0.394 e. The van der Waals surface area contributed by atoms with Crippen molar-refractivity contribution in [1.82, 2.24) is 10.6 Å². The van der Waals surface area contributed by atoms with E-state index in [4.69, 9.17) is 0 Å². The maximum absolute atomic E-state index is 13.4. The van der Waals surface area contributed by atoms with Crippen molar-refractivity contribution < 1.29 is 14.3 Å². The summed E-state index contributed by atoms with van der Waals surface area (Å²) in [5, 5.41) is 15.1. The van der Waals surface area contributed by atoms with E-state index in [2.05, 4.69) is 10.6 Å². The van der Waals surface area contributed by atoms with Crippen molar-refractivity contribution >= 4 is 6.03 Å². The summed E-state index contributed by atoms with van der Waals surface area (Å²) >= 11 is 0. The van der Waals surface area contributed by atoms with Crippen molar-refractivity contribution in [2.75, 3.05) is 13.2 Å². The zero-order valence-electron chi connectivity index (χ0n) is 13.3. The van der Waals surface area contributed by atoms with Gasteiger partial charge in [-0.3, -0.25) is 0 Å². The highest BCUT2D eigenvalue weighted by atomic mass is 19.1. The Hall–Kier alpha value is -2.40. The van der Waals surface area contributed by atoms with Gasteiger partial charge in [0, 0.05) is 12.0 Å². The first kappa shape index (κ1) is 16.5. The molecule has 2 amide bonds. The summed E-state index contributed by atoms with van der Waals surface area (Å²) in [5.41, 5.74) is 1.60. The van der Waals surface area contributed by atoms with Gasteiger partial charge in [0.1, 0.15) is 5.82 Å². The number of hydrogen-bond donors (Lipinski definition) is 3. The van der Waals surface area contributed by atoms with Crippen LogP contribution < -0.4 is 10.6 Å². The van der Waals surface area contributed by atoms with Gasteiger partial charge in [-0.25, -0.2) is 9.18 Å². The third-order valence-electron chi connectivity index (χ3n) is 4.57. The minimum atomic E-state index is -0.449. The quantitative estimate of drug-likeness (QED) is 0.763. The first-order chi connectivity index (χ1) is 11.6. The number of aliphatic hydroxyl groups is 1. The van der Waals surface area contributed by atoms with Gasteiger partial charge in [-0.15, -0.1) is 0 Å². The van der Waals surface area contributed by atoms with Crippen LogP contribution in [0.3, 0.4) is 0 Å². The lowest BCUT2D eigenvalue weighted by atomic mass is 9.96. The number of hydrogen-bond acceptors (Lipinski definition) is 2. The Labute approximate surface area is 140 Å². The monoisotopic (exact) mass is 328 g/mol. The highest BCUT2D eigenvalue weighted by Gasteiger charge is 2.44. The molecule has 0 bridgehead atoms. The van der Waals surface area contributed by atoms with Crippen molar-refractivity contribution in [1.29, 1.82) is 0 Å². The van der Waals surface area contributed by atoms with E-state index < -0.39 is 6.04 Å². The molecular formula is C19H21FN2O2. The maximum Gasteiger partial charge on any atom is 0.315 e. The third-order valence-corrected chi connectivity index (χ3v) is 4.57. The van der Waals surface area contributed by atoms with Gasteiger partial charge in [0.05, 0.1) is 12.6 Å². The molecule has 3 N–H and O–H groups in total. The normalized spacial score (nSPS) is 16.2. The average molecular weight is 328 g/mol. The van der Waals surface area contributed by atoms with E-state index in [0.717, 1.165) is 24.0 Å². The molecule has 0 aliphatic heterocycles. The van der Waals surface area contributed by atoms with Gasteiger partial charge < -0.3 is 15.7 Å². The van der Waals surface area contributed by atoms with Gasteiger partial charge in [-0.2, -0.15) is 0 Å². The number of benzene rings is 2. The van der Waals surface area contributed by atoms with Crippen LogP contribution in [0.2, 0.25) is 0 Å². The number of rotatable bonds is 6.